The molecule has 0 bridgehead atoms. The zero-order valence-electron chi connectivity index (χ0n) is 45.2. The Balaban J connectivity index is 0.635. The molecule has 0 radical (unpaired) electrons. The van der Waals surface area contributed by atoms with E-state index in [4.69, 9.17) is 18.9 Å². The number of hydrogen-bond donors (Lipinski definition) is 4. The van der Waals surface area contributed by atoms with Gasteiger partial charge in [-0.05, 0) is 260 Å². The van der Waals surface area contributed by atoms with Crippen molar-refractivity contribution in [2.75, 3.05) is 13.2 Å². The van der Waals surface area contributed by atoms with Gasteiger partial charge in [0.15, 0.2) is 12.6 Å². The van der Waals surface area contributed by atoms with E-state index in [2.05, 4.69) is 41.5 Å². The van der Waals surface area contributed by atoms with E-state index in [0.717, 1.165) is 103 Å². The first-order valence-corrected chi connectivity index (χ1v) is 29.6. The number of carbonyl (C=O) groups is 2. The summed E-state index contributed by atoms with van der Waals surface area (Å²) in [5, 5.41) is 44.8. The largest absolute Gasteiger partial charge is 0.436 e. The first kappa shape index (κ1) is 53.5. The van der Waals surface area contributed by atoms with Gasteiger partial charge in [0.25, 0.3) is 0 Å². The molecule has 0 aromatic carbocycles. The number of aliphatic hydroxyl groups is 4. The summed E-state index contributed by atoms with van der Waals surface area (Å²) in [6, 6.07) is 0. The highest BCUT2D eigenvalue weighted by molar-refractivity contribution is 5.69. The lowest BCUT2D eigenvalue weighted by molar-refractivity contribution is -0.182. The third kappa shape index (κ3) is 10.1. The molecule has 0 aromatic heterocycles. The molecule has 9 fully saturated rings. The molecule has 0 heterocycles. The minimum absolute atomic E-state index is 0.112. The first-order valence-electron chi connectivity index (χ1n) is 29.6. The predicted octanol–water partition coefficient (Wildman–Crippen LogP) is 11.4. The van der Waals surface area contributed by atoms with Gasteiger partial charge < -0.3 is 39.4 Å². The Morgan fingerprint density at radius 1 is 0.486 bits per heavy atom. The second kappa shape index (κ2) is 21.4. The van der Waals surface area contributed by atoms with Crippen LogP contribution in [-0.4, -0.2) is 82.6 Å². The van der Waals surface area contributed by atoms with Crippen LogP contribution in [0.25, 0.3) is 0 Å². The molecule has 400 valence electrons. The summed E-state index contributed by atoms with van der Waals surface area (Å²) in [6.45, 7) is 19.1. The molecule has 9 saturated carbocycles. The Morgan fingerprint density at radius 3 is 1.26 bits per heavy atom. The van der Waals surface area contributed by atoms with Crippen molar-refractivity contribution in [3.05, 3.63) is 0 Å². The summed E-state index contributed by atoms with van der Waals surface area (Å²) in [5.74, 6) is 6.50. The van der Waals surface area contributed by atoms with E-state index >= 15 is 0 Å². The van der Waals surface area contributed by atoms with Crippen molar-refractivity contribution in [3.8, 4) is 0 Å². The zero-order valence-corrected chi connectivity index (χ0v) is 45.2. The molecule has 0 amide bonds. The molecule has 0 aliphatic heterocycles. The summed E-state index contributed by atoms with van der Waals surface area (Å²) in [5.41, 5.74) is 0.244. The Kier molecular flexibility index (Phi) is 16.3. The Bertz CT molecular complexity index is 1660. The van der Waals surface area contributed by atoms with Gasteiger partial charge in [-0.15, -0.1) is 0 Å². The van der Waals surface area contributed by atoms with Gasteiger partial charge >= 0.3 is 11.9 Å². The highest BCUT2D eigenvalue weighted by Gasteiger charge is 2.65. The molecule has 10 nitrogen and oxygen atoms in total. The molecule has 9 rings (SSSR count). The summed E-state index contributed by atoms with van der Waals surface area (Å²) >= 11 is 0. The molecular weight excluding hydrogens is 881 g/mol. The molecule has 0 saturated heterocycles. The monoisotopic (exact) mass is 981 g/mol. The average molecular weight is 981 g/mol. The number of hydrogen-bond acceptors (Lipinski definition) is 10. The lowest BCUT2D eigenvalue weighted by atomic mass is 9.43. The van der Waals surface area contributed by atoms with Gasteiger partial charge in [-0.2, -0.15) is 0 Å². The second-order valence-corrected chi connectivity index (χ2v) is 27.5. The number of rotatable bonds is 16. The van der Waals surface area contributed by atoms with Gasteiger partial charge in [0, 0.05) is 12.8 Å². The molecule has 10 heteroatoms. The van der Waals surface area contributed by atoms with Crippen LogP contribution in [0.1, 0.15) is 209 Å². The van der Waals surface area contributed by atoms with Gasteiger partial charge in [0.05, 0.1) is 37.6 Å². The maximum Gasteiger partial charge on any atom is 0.308 e. The Labute approximate surface area is 423 Å². The van der Waals surface area contributed by atoms with Gasteiger partial charge in [-0.25, -0.2) is 0 Å². The second-order valence-electron chi connectivity index (χ2n) is 27.5. The molecule has 0 spiro atoms. The molecular formula is C60H100O10. The number of ether oxygens (including phenoxy) is 4. The van der Waals surface area contributed by atoms with Crippen LogP contribution in [0, 0.1) is 105 Å². The topological polar surface area (TPSA) is 152 Å². The Morgan fingerprint density at radius 2 is 0.871 bits per heavy atom. The molecule has 4 N–H and O–H groups in total. The van der Waals surface area contributed by atoms with E-state index < -0.39 is 12.6 Å². The van der Waals surface area contributed by atoms with E-state index in [0.29, 0.717) is 109 Å². The standard InChI is InChI=1S/C60H100O10/c1-35(47-19-21-49-45-17-15-41-29-43(61)25-27-57(41,5)51(45)31-53(63)59(47,49)7)9-23-55(65)69-37(3)67-33-39-11-13-40(14-12-39)34-68-38(4)70-56(66)24-10-36(2)48-20-22-50-46-18-16-42-30-44(62)26-28-58(42,6)52(46)32-54(64)60(48,50)8/h35-54,61-64H,9-34H2,1-8H3. The zero-order chi connectivity index (χ0) is 49.9. The van der Waals surface area contributed by atoms with Crippen molar-refractivity contribution < 1.29 is 49.0 Å². The molecule has 22 atom stereocenters. The van der Waals surface area contributed by atoms with Crippen molar-refractivity contribution in [3.63, 3.8) is 0 Å². The first-order chi connectivity index (χ1) is 33.2. The van der Waals surface area contributed by atoms with Crippen LogP contribution in [0.4, 0.5) is 0 Å². The number of carbonyl (C=O) groups excluding carboxylic acids is 2. The fourth-order valence-corrected chi connectivity index (χ4v) is 20.1. The van der Waals surface area contributed by atoms with Crippen molar-refractivity contribution in [1.29, 1.82) is 0 Å². The molecule has 9 aliphatic rings. The van der Waals surface area contributed by atoms with E-state index in [1.54, 1.807) is 0 Å². The molecule has 22 unspecified atom stereocenters. The van der Waals surface area contributed by atoms with Gasteiger partial charge in [0.1, 0.15) is 0 Å². The van der Waals surface area contributed by atoms with Crippen molar-refractivity contribution in [2.45, 2.75) is 246 Å². The number of fused-ring (bicyclic) bond motifs is 10. The van der Waals surface area contributed by atoms with Crippen LogP contribution in [0.5, 0.6) is 0 Å². The molecule has 9 aliphatic carbocycles. The van der Waals surface area contributed by atoms with E-state index in [1.807, 2.05) is 13.8 Å². The van der Waals surface area contributed by atoms with Crippen LogP contribution in [0.15, 0.2) is 0 Å². The van der Waals surface area contributed by atoms with E-state index in [9.17, 15) is 30.0 Å². The highest BCUT2D eigenvalue weighted by atomic mass is 16.7. The SMILES string of the molecule is CC(OCC1CCC(COC(C)OC(=O)CCC(C)C2CCC3C4CCC5CC(O)CCC5(C)C4CC(O)C23C)CC1)OC(=O)CCC(C)C1CCC2C3CCC4CC(O)CCC4(C)C3CC(O)C12C. The Hall–Kier alpha value is -1.30. The molecule has 0 aromatic rings. The third-order valence-electron chi connectivity index (χ3n) is 24.3. The number of esters is 2. The van der Waals surface area contributed by atoms with Crippen LogP contribution >= 0.6 is 0 Å². The third-order valence-corrected chi connectivity index (χ3v) is 24.3. The van der Waals surface area contributed by atoms with Crippen LogP contribution in [0.2, 0.25) is 0 Å². The minimum atomic E-state index is -0.586. The maximum absolute atomic E-state index is 13.1. The van der Waals surface area contributed by atoms with Gasteiger partial charge in [0.2, 0.25) is 0 Å². The van der Waals surface area contributed by atoms with Crippen molar-refractivity contribution in [2.24, 2.45) is 105 Å². The van der Waals surface area contributed by atoms with Crippen molar-refractivity contribution in [1.82, 2.24) is 0 Å². The summed E-state index contributed by atoms with van der Waals surface area (Å²) in [4.78, 5) is 26.2. The predicted molar refractivity (Wildman–Crippen MR) is 270 cm³/mol. The average Bonchev–Trinajstić information content (AvgIpc) is 3.89. The fraction of sp³-hybridized carbons (Fsp3) is 0.967. The normalized spacial score (nSPS) is 48.3. The summed E-state index contributed by atoms with van der Waals surface area (Å²) < 4.78 is 23.8. The maximum atomic E-state index is 13.1. The lowest BCUT2D eigenvalue weighted by Gasteiger charge is -2.62. The van der Waals surface area contributed by atoms with Crippen LogP contribution < -0.4 is 0 Å². The van der Waals surface area contributed by atoms with E-state index in [1.165, 1.54) is 38.5 Å². The van der Waals surface area contributed by atoms with Gasteiger partial charge in [-0.3, -0.25) is 9.59 Å². The summed E-state index contributed by atoms with van der Waals surface area (Å²) in [6.07, 6.45) is 21.4. The number of aliphatic hydroxyl groups excluding tert-OH is 4. The van der Waals surface area contributed by atoms with Gasteiger partial charge in [-0.1, -0.05) is 41.5 Å². The highest BCUT2D eigenvalue weighted by Crippen LogP contribution is 2.70. The van der Waals surface area contributed by atoms with E-state index in [-0.39, 0.29) is 58.0 Å². The lowest BCUT2D eigenvalue weighted by Crippen LogP contribution is -2.58. The van der Waals surface area contributed by atoms with Crippen molar-refractivity contribution >= 4 is 11.9 Å². The summed E-state index contributed by atoms with van der Waals surface area (Å²) in [7, 11) is 0. The van der Waals surface area contributed by atoms with Crippen LogP contribution in [0.3, 0.4) is 0 Å². The minimum Gasteiger partial charge on any atom is -0.436 e. The fourth-order valence-electron chi connectivity index (χ4n) is 20.1. The van der Waals surface area contributed by atoms with Crippen LogP contribution in [-0.2, 0) is 28.5 Å². The molecule has 70 heavy (non-hydrogen) atoms. The quantitative estimate of drug-likeness (QED) is 0.0869. The smallest absolute Gasteiger partial charge is 0.308 e.